The van der Waals surface area contributed by atoms with Gasteiger partial charge in [-0.25, -0.2) is 9.79 Å². The van der Waals surface area contributed by atoms with E-state index in [1.54, 1.807) is 18.9 Å². The molecule has 1 spiro atoms. The number of nitrogens with one attached hydrogen (secondary N) is 1. The van der Waals surface area contributed by atoms with Crippen LogP contribution in [-0.4, -0.2) is 47.5 Å². The second-order valence-corrected chi connectivity index (χ2v) is 9.58. The Balaban J connectivity index is 1.30. The molecule has 3 aromatic carbocycles. The van der Waals surface area contributed by atoms with Gasteiger partial charge < -0.3 is 15.0 Å². The van der Waals surface area contributed by atoms with E-state index in [0.29, 0.717) is 37.4 Å². The van der Waals surface area contributed by atoms with Crippen LogP contribution in [0.3, 0.4) is 0 Å². The molecule has 0 aliphatic carbocycles. The summed E-state index contributed by atoms with van der Waals surface area (Å²) >= 11 is 1.73. The Bertz CT molecular complexity index is 1240. The molecule has 1 saturated heterocycles. The van der Waals surface area contributed by atoms with Gasteiger partial charge in [-0.3, -0.25) is 4.99 Å². The number of para-hydroxylation sites is 2. The number of rotatable bonds is 5. The summed E-state index contributed by atoms with van der Waals surface area (Å²) in [7, 11) is 1.60. The first-order valence-electron chi connectivity index (χ1n) is 11.8. The van der Waals surface area contributed by atoms with Gasteiger partial charge in [-0.15, -0.1) is 0 Å². The number of urea groups is 1. The maximum atomic E-state index is 12.9. The van der Waals surface area contributed by atoms with Crippen LogP contribution in [0, 0.1) is 0 Å². The fourth-order valence-corrected chi connectivity index (χ4v) is 5.40. The molecule has 7 heteroatoms. The molecule has 3 aromatic rings. The first-order chi connectivity index (χ1) is 17.2. The molecule has 2 aliphatic rings. The standard InChI is InChI=1S/C28H28N4O2S/c1-34-24-15-9-8-14-23(24)29-27(33)32-18-16-28(17-19-32)30-25(22-12-6-3-7-13-22)26(31-28)35-20-21-10-4-2-5-11-21/h2-15H,16-20H2,1H3,(H,29,33). The molecule has 0 bridgehead atoms. The lowest BCUT2D eigenvalue weighted by molar-refractivity contribution is 0.175. The zero-order chi connectivity index (χ0) is 24.1. The number of methoxy groups -OCH3 is 1. The number of amides is 2. The van der Waals surface area contributed by atoms with Crippen molar-refractivity contribution in [3.63, 3.8) is 0 Å². The van der Waals surface area contributed by atoms with E-state index in [-0.39, 0.29) is 6.03 Å². The Kier molecular flexibility index (Phi) is 6.86. The van der Waals surface area contributed by atoms with Crippen LogP contribution in [0.1, 0.15) is 24.0 Å². The number of thioether (sulfide) groups is 1. The summed E-state index contributed by atoms with van der Waals surface area (Å²) in [5, 5.41) is 3.96. The van der Waals surface area contributed by atoms with Gasteiger partial charge in [-0.1, -0.05) is 84.6 Å². The van der Waals surface area contributed by atoms with Gasteiger partial charge in [0.25, 0.3) is 0 Å². The molecule has 0 atom stereocenters. The molecule has 0 unspecified atom stereocenters. The van der Waals surface area contributed by atoms with E-state index in [4.69, 9.17) is 14.7 Å². The summed E-state index contributed by atoms with van der Waals surface area (Å²) in [6.45, 7) is 1.18. The monoisotopic (exact) mass is 484 g/mol. The summed E-state index contributed by atoms with van der Waals surface area (Å²) in [5.41, 5.74) is 3.46. The highest BCUT2D eigenvalue weighted by Crippen LogP contribution is 2.36. The third-order valence-electron chi connectivity index (χ3n) is 6.30. The predicted octanol–water partition coefficient (Wildman–Crippen LogP) is 5.85. The van der Waals surface area contributed by atoms with Crippen molar-refractivity contribution in [1.82, 2.24) is 4.90 Å². The van der Waals surface area contributed by atoms with E-state index in [2.05, 4.69) is 41.7 Å². The highest BCUT2D eigenvalue weighted by atomic mass is 32.2. The van der Waals surface area contributed by atoms with Crippen LogP contribution >= 0.6 is 11.8 Å². The maximum absolute atomic E-state index is 12.9. The molecule has 2 heterocycles. The van der Waals surface area contributed by atoms with Gasteiger partial charge in [0.15, 0.2) is 5.66 Å². The molecular weight excluding hydrogens is 456 g/mol. The molecule has 35 heavy (non-hydrogen) atoms. The summed E-state index contributed by atoms with van der Waals surface area (Å²) < 4.78 is 5.36. The number of aliphatic imine (C=N–C) groups is 2. The van der Waals surface area contributed by atoms with Crippen molar-refractivity contribution in [2.75, 3.05) is 25.5 Å². The summed E-state index contributed by atoms with van der Waals surface area (Å²) in [5.74, 6) is 1.49. The van der Waals surface area contributed by atoms with E-state index in [9.17, 15) is 4.79 Å². The molecule has 0 saturated carbocycles. The summed E-state index contributed by atoms with van der Waals surface area (Å²) in [4.78, 5) is 25.1. The van der Waals surface area contributed by atoms with Gasteiger partial charge >= 0.3 is 6.03 Å². The van der Waals surface area contributed by atoms with Crippen LogP contribution < -0.4 is 10.1 Å². The molecule has 5 rings (SSSR count). The average Bonchev–Trinajstić information content (AvgIpc) is 3.27. The van der Waals surface area contributed by atoms with Gasteiger partial charge in [-0.05, 0) is 17.7 Å². The number of carbonyl (C=O) groups excluding carboxylic acids is 1. The third kappa shape index (κ3) is 5.25. The summed E-state index contributed by atoms with van der Waals surface area (Å²) in [6, 6.07) is 28.0. The third-order valence-corrected chi connectivity index (χ3v) is 7.33. The second kappa shape index (κ2) is 10.4. The van der Waals surface area contributed by atoms with Gasteiger partial charge in [-0.2, -0.15) is 0 Å². The van der Waals surface area contributed by atoms with Gasteiger partial charge in [0, 0.05) is 37.2 Å². The molecule has 178 valence electrons. The largest absolute Gasteiger partial charge is 0.495 e. The second-order valence-electron chi connectivity index (χ2n) is 8.62. The molecule has 1 fully saturated rings. The van der Waals surface area contributed by atoms with E-state index in [1.807, 2.05) is 53.4 Å². The number of piperidine rings is 1. The fourth-order valence-electron chi connectivity index (χ4n) is 4.37. The Morgan fingerprint density at radius 3 is 2.31 bits per heavy atom. The average molecular weight is 485 g/mol. The number of hydrogen-bond acceptors (Lipinski definition) is 5. The normalized spacial score (nSPS) is 16.5. The quantitative estimate of drug-likeness (QED) is 0.494. The lowest BCUT2D eigenvalue weighted by atomic mass is 9.98. The van der Waals surface area contributed by atoms with Gasteiger partial charge in [0.2, 0.25) is 0 Å². The number of anilines is 1. The first kappa shape index (κ1) is 23.2. The molecule has 2 amide bonds. The molecular formula is C28H28N4O2S. The van der Waals surface area contributed by atoms with Crippen molar-refractivity contribution in [3.8, 4) is 5.75 Å². The van der Waals surface area contributed by atoms with Crippen LogP contribution in [0.15, 0.2) is 94.9 Å². The number of carbonyl (C=O) groups is 1. The molecule has 6 nitrogen and oxygen atoms in total. The lowest BCUT2D eigenvalue weighted by Crippen LogP contribution is -2.46. The minimum Gasteiger partial charge on any atom is -0.495 e. The Hall–Kier alpha value is -3.58. The lowest BCUT2D eigenvalue weighted by Gasteiger charge is -2.35. The smallest absolute Gasteiger partial charge is 0.321 e. The SMILES string of the molecule is COc1ccccc1NC(=O)N1CCC2(CC1)N=C(SCc1ccccc1)C(c1ccccc1)=N2. The van der Waals surface area contributed by atoms with Crippen LogP contribution in [0.25, 0.3) is 0 Å². The van der Waals surface area contributed by atoms with E-state index >= 15 is 0 Å². The van der Waals surface area contributed by atoms with Crippen LogP contribution in [0.5, 0.6) is 5.75 Å². The van der Waals surface area contributed by atoms with Crippen LogP contribution in [-0.2, 0) is 5.75 Å². The van der Waals surface area contributed by atoms with E-state index < -0.39 is 5.66 Å². The minimum atomic E-state index is -0.509. The fraction of sp³-hybridized carbons (Fsp3) is 0.250. The highest BCUT2D eigenvalue weighted by Gasteiger charge is 2.40. The van der Waals surface area contributed by atoms with Crippen molar-refractivity contribution in [1.29, 1.82) is 0 Å². The van der Waals surface area contributed by atoms with Crippen molar-refractivity contribution >= 4 is 34.2 Å². The first-order valence-corrected chi connectivity index (χ1v) is 12.8. The molecule has 0 radical (unpaired) electrons. The number of hydrogen-bond donors (Lipinski definition) is 1. The maximum Gasteiger partial charge on any atom is 0.321 e. The Labute approximate surface area is 210 Å². The van der Waals surface area contributed by atoms with Crippen LogP contribution in [0.2, 0.25) is 0 Å². The molecule has 2 aliphatic heterocycles. The van der Waals surface area contributed by atoms with Crippen molar-refractivity contribution < 1.29 is 9.53 Å². The topological polar surface area (TPSA) is 66.3 Å². The van der Waals surface area contributed by atoms with Crippen molar-refractivity contribution in [2.24, 2.45) is 9.98 Å². The van der Waals surface area contributed by atoms with E-state index in [1.165, 1.54) is 5.56 Å². The van der Waals surface area contributed by atoms with Gasteiger partial charge in [0.05, 0.1) is 18.5 Å². The zero-order valence-corrected chi connectivity index (χ0v) is 20.5. The minimum absolute atomic E-state index is 0.128. The Morgan fingerprint density at radius 1 is 0.943 bits per heavy atom. The van der Waals surface area contributed by atoms with Crippen molar-refractivity contribution in [2.45, 2.75) is 24.3 Å². The predicted molar refractivity (Wildman–Crippen MR) is 144 cm³/mol. The van der Waals surface area contributed by atoms with Crippen molar-refractivity contribution in [3.05, 3.63) is 96.1 Å². The van der Waals surface area contributed by atoms with Crippen LogP contribution in [0.4, 0.5) is 10.5 Å². The number of ether oxygens (including phenoxy) is 1. The Morgan fingerprint density at radius 2 is 1.60 bits per heavy atom. The molecule has 0 aromatic heterocycles. The molecule has 1 N–H and O–H groups in total. The summed E-state index contributed by atoms with van der Waals surface area (Å²) in [6.07, 6.45) is 1.39. The highest BCUT2D eigenvalue weighted by molar-refractivity contribution is 8.15. The van der Waals surface area contributed by atoms with E-state index in [0.717, 1.165) is 22.1 Å². The van der Waals surface area contributed by atoms with Gasteiger partial charge in [0.1, 0.15) is 10.8 Å². The number of nitrogens with zero attached hydrogens (tertiary/aromatic N) is 3. The number of likely N-dealkylation sites (tertiary alicyclic amines) is 1. The zero-order valence-electron chi connectivity index (χ0n) is 19.7. The number of benzene rings is 3.